The Morgan fingerprint density at radius 3 is 1.22 bits per heavy atom. The smallest absolute Gasteiger partial charge is 0.106 e. The molecule has 0 aromatic heterocycles. The van der Waals surface area contributed by atoms with Crippen molar-refractivity contribution in [2.75, 3.05) is 6.38 Å². The number of carbonyl (C=O) groups is 2. The number of benzene rings is 1. The molecular weight excluding hydrogens is 308 g/mol. The van der Waals surface area contributed by atoms with Crippen molar-refractivity contribution in [3.63, 3.8) is 0 Å². The largest absolute Gasteiger partial charge is 0.307 e. The molecule has 3 heteroatoms. The van der Waals surface area contributed by atoms with Crippen molar-refractivity contribution in [3.8, 4) is 0 Å². The van der Waals surface area contributed by atoms with Crippen LogP contribution in [-0.2, 0) is 16.0 Å². The molecule has 23 heavy (non-hydrogen) atoms. The Morgan fingerprint density at radius 1 is 0.696 bits per heavy atom. The Labute approximate surface area is 148 Å². The quantitative estimate of drug-likeness (QED) is 0.646. The van der Waals surface area contributed by atoms with E-state index in [9.17, 15) is 0 Å². The number of hydrogen-bond donors (Lipinski definition) is 0. The second-order valence-electron chi connectivity index (χ2n) is 6.66. The van der Waals surface area contributed by atoms with Gasteiger partial charge < -0.3 is 9.59 Å². The second kappa shape index (κ2) is 13.3. The maximum Gasteiger partial charge on any atom is 0.106 e. The first-order valence-electron chi connectivity index (χ1n) is 7.66. The molecule has 0 heterocycles. The van der Waals surface area contributed by atoms with Gasteiger partial charge in [-0.25, -0.2) is 0 Å². The second-order valence-corrected chi connectivity index (χ2v) is 6.66. The number of carbonyl (C=O) groups excluding carboxylic acids is 2. The van der Waals surface area contributed by atoms with Crippen molar-refractivity contribution in [1.82, 2.24) is 0 Å². The van der Waals surface area contributed by atoms with Crippen molar-refractivity contribution in [2.24, 2.45) is 5.41 Å². The van der Waals surface area contributed by atoms with E-state index >= 15 is 0 Å². The minimum Gasteiger partial charge on any atom is -0.307 e. The highest BCUT2D eigenvalue weighted by Crippen LogP contribution is 2.29. The third kappa shape index (κ3) is 8.90. The van der Waals surface area contributed by atoms with Gasteiger partial charge in [0, 0.05) is 6.38 Å². The lowest BCUT2D eigenvalue weighted by Gasteiger charge is -2.22. The van der Waals surface area contributed by atoms with Crippen LogP contribution in [0.3, 0.4) is 0 Å². The van der Waals surface area contributed by atoms with Crippen LogP contribution < -0.4 is 0 Å². The number of rotatable bonds is 2. The third-order valence-corrected chi connectivity index (χ3v) is 4.28. The number of halogens is 1. The van der Waals surface area contributed by atoms with Crippen LogP contribution in [0, 0.1) is 40.0 Å². The molecule has 0 bridgehead atoms. The van der Waals surface area contributed by atoms with Crippen molar-refractivity contribution in [1.29, 1.82) is 0 Å². The van der Waals surface area contributed by atoms with Gasteiger partial charge in [0.1, 0.15) is 13.6 Å². The lowest BCUT2D eigenvalue weighted by molar-refractivity contribution is -0.0987. The maximum absolute atomic E-state index is 8.00. The van der Waals surface area contributed by atoms with E-state index in [4.69, 9.17) is 9.59 Å². The van der Waals surface area contributed by atoms with E-state index in [0.717, 1.165) is 0 Å². The highest BCUT2D eigenvalue weighted by Gasteiger charge is 2.15. The minimum absolute atomic E-state index is 0.422. The van der Waals surface area contributed by atoms with E-state index in [1.54, 1.807) is 5.56 Å². The molecule has 0 saturated carbocycles. The first-order chi connectivity index (χ1) is 10.6. The average Bonchev–Trinajstić information content (AvgIpc) is 2.55. The number of hydrogen-bond acceptors (Lipinski definition) is 2. The van der Waals surface area contributed by atoms with Gasteiger partial charge in [0.05, 0.1) is 0 Å². The molecule has 0 spiro atoms. The first-order valence-corrected chi connectivity index (χ1v) is 8.42. The van der Waals surface area contributed by atoms with Crippen LogP contribution in [0.4, 0.5) is 0 Å². The van der Waals surface area contributed by atoms with Crippen molar-refractivity contribution < 1.29 is 9.59 Å². The summed E-state index contributed by atoms with van der Waals surface area (Å²) in [7, 11) is 0. The van der Waals surface area contributed by atoms with Crippen molar-refractivity contribution in [2.45, 2.75) is 68.2 Å². The van der Waals surface area contributed by atoms with Crippen LogP contribution in [0.5, 0.6) is 0 Å². The Hall–Kier alpha value is -1.15. The van der Waals surface area contributed by atoms with E-state index in [2.05, 4.69) is 67.0 Å². The Morgan fingerprint density at radius 2 is 0.957 bits per heavy atom. The predicted octanol–water partition coefficient (Wildman–Crippen LogP) is 5.69. The molecule has 0 saturated heterocycles. The van der Waals surface area contributed by atoms with Crippen LogP contribution >= 0.6 is 11.6 Å². The summed E-state index contributed by atoms with van der Waals surface area (Å²) < 4.78 is 0. The fraction of sp³-hybridized carbons (Fsp3) is 0.600. The molecule has 0 aliphatic heterocycles. The average molecular weight is 343 g/mol. The molecule has 0 atom stereocenters. The summed E-state index contributed by atoms with van der Waals surface area (Å²) in [6, 6.07) is 0. The van der Waals surface area contributed by atoms with Crippen LogP contribution in [0.15, 0.2) is 0 Å². The minimum atomic E-state index is 0.422. The van der Waals surface area contributed by atoms with Gasteiger partial charge in [0.15, 0.2) is 0 Å². The standard InChI is InChI=1S/C17H28.CH3Cl.2CH2O/c1-11-12(2)14(4)16(15(5)13(11)3)9-10-17(6,7)8;3*1-2/h9-10H2,1-8H3;1H3;2*1H2. The Kier molecular flexibility index (Phi) is 15.5. The lowest BCUT2D eigenvalue weighted by Crippen LogP contribution is -2.09. The fourth-order valence-corrected chi connectivity index (χ4v) is 2.45. The molecule has 134 valence electrons. The van der Waals surface area contributed by atoms with E-state index in [1.165, 1.54) is 47.0 Å². The molecule has 1 rings (SSSR count). The van der Waals surface area contributed by atoms with Crippen molar-refractivity contribution >= 4 is 25.2 Å². The SMILES string of the molecule is C=O.C=O.CCl.Cc1c(C)c(C)c(CCC(C)(C)C)c(C)c1C. The summed E-state index contributed by atoms with van der Waals surface area (Å²) in [5, 5.41) is 0. The van der Waals surface area contributed by atoms with Crippen LogP contribution in [0.2, 0.25) is 0 Å². The zero-order valence-electron chi connectivity index (χ0n) is 16.5. The number of alkyl halides is 1. The lowest BCUT2D eigenvalue weighted by atomic mass is 9.83. The molecule has 0 aliphatic carbocycles. The van der Waals surface area contributed by atoms with E-state index in [0.29, 0.717) is 5.41 Å². The van der Waals surface area contributed by atoms with Crippen LogP contribution in [-0.4, -0.2) is 20.0 Å². The van der Waals surface area contributed by atoms with Crippen molar-refractivity contribution in [3.05, 3.63) is 33.4 Å². The molecule has 0 unspecified atom stereocenters. The topological polar surface area (TPSA) is 34.1 Å². The molecule has 0 fully saturated rings. The molecule has 1 aromatic rings. The van der Waals surface area contributed by atoms with E-state index in [-0.39, 0.29) is 0 Å². The molecule has 2 nitrogen and oxygen atoms in total. The molecule has 0 aliphatic rings. The first kappa shape index (κ1) is 26.7. The summed E-state index contributed by atoms with van der Waals surface area (Å²) in [5.41, 5.74) is 9.46. The van der Waals surface area contributed by atoms with Gasteiger partial charge in [-0.05, 0) is 86.3 Å². The molecule has 0 radical (unpaired) electrons. The van der Waals surface area contributed by atoms with Gasteiger partial charge in [0.2, 0.25) is 0 Å². The zero-order chi connectivity index (χ0) is 19.4. The van der Waals surface area contributed by atoms with Gasteiger partial charge >= 0.3 is 0 Å². The summed E-state index contributed by atoms with van der Waals surface area (Å²) in [4.78, 5) is 16.0. The normalized spacial score (nSPS) is 9.48. The maximum atomic E-state index is 8.00. The zero-order valence-corrected chi connectivity index (χ0v) is 17.3. The molecule has 0 amide bonds. The van der Waals surface area contributed by atoms with Gasteiger partial charge in [0.25, 0.3) is 0 Å². The monoisotopic (exact) mass is 342 g/mol. The summed E-state index contributed by atoms with van der Waals surface area (Å²) >= 11 is 4.64. The fourth-order valence-electron chi connectivity index (χ4n) is 2.45. The summed E-state index contributed by atoms with van der Waals surface area (Å²) in [6.07, 6.45) is 3.94. The van der Waals surface area contributed by atoms with Gasteiger partial charge in [-0.15, -0.1) is 11.6 Å². The van der Waals surface area contributed by atoms with E-state index < -0.39 is 0 Å². The highest BCUT2D eigenvalue weighted by atomic mass is 35.5. The van der Waals surface area contributed by atoms with Gasteiger partial charge in [-0.1, -0.05) is 20.8 Å². The Bertz CT molecular complexity index is 429. The highest BCUT2D eigenvalue weighted by molar-refractivity contribution is 6.15. The Balaban J connectivity index is -0.000000595. The third-order valence-electron chi connectivity index (χ3n) is 4.28. The molecular formula is C20H35ClO2. The van der Waals surface area contributed by atoms with Crippen LogP contribution in [0.25, 0.3) is 0 Å². The van der Waals surface area contributed by atoms with Gasteiger partial charge in [-0.2, -0.15) is 0 Å². The van der Waals surface area contributed by atoms with E-state index in [1.807, 2.05) is 13.6 Å². The molecule has 0 N–H and O–H groups in total. The summed E-state index contributed by atoms with van der Waals surface area (Å²) in [5.74, 6) is 0. The predicted molar refractivity (Wildman–Crippen MR) is 104 cm³/mol. The van der Waals surface area contributed by atoms with Crippen LogP contribution in [0.1, 0.15) is 60.6 Å². The van der Waals surface area contributed by atoms with Gasteiger partial charge in [-0.3, -0.25) is 0 Å². The molecule has 1 aromatic carbocycles. The summed E-state index contributed by atoms with van der Waals surface area (Å²) in [6.45, 7) is 22.3.